The van der Waals surface area contributed by atoms with Gasteiger partial charge in [0.25, 0.3) is 5.91 Å². The van der Waals surface area contributed by atoms with Crippen LogP contribution in [0.2, 0.25) is 0 Å². The molecular weight excluding hydrogens is 491 g/mol. The summed E-state index contributed by atoms with van der Waals surface area (Å²) < 4.78 is 15.0. The van der Waals surface area contributed by atoms with Crippen molar-refractivity contribution in [1.29, 1.82) is 0 Å². The van der Waals surface area contributed by atoms with E-state index in [-0.39, 0.29) is 11.7 Å². The number of fused-ring (bicyclic) bond motifs is 1. The van der Waals surface area contributed by atoms with Gasteiger partial charge in [0.15, 0.2) is 5.65 Å². The minimum Gasteiger partial charge on any atom is -0.340 e. The average molecular weight is 521 g/mol. The Labute approximate surface area is 226 Å². The molecule has 0 spiro atoms. The molecule has 1 aliphatic heterocycles. The number of carbonyl (C=O) groups excluding carboxylic acids is 1. The van der Waals surface area contributed by atoms with E-state index in [4.69, 9.17) is 4.98 Å². The molecule has 0 atom stereocenters. The summed E-state index contributed by atoms with van der Waals surface area (Å²) in [6, 6.07) is 28.2. The number of anilines is 2. The minimum atomic E-state index is -0.224. The molecular formula is C31H29FN6O. The van der Waals surface area contributed by atoms with Crippen LogP contribution in [0, 0.1) is 12.7 Å². The zero-order valence-electron chi connectivity index (χ0n) is 21.7. The third-order valence-corrected chi connectivity index (χ3v) is 7.00. The smallest absolute Gasteiger partial charge is 0.253 e. The van der Waals surface area contributed by atoms with Crippen molar-refractivity contribution in [2.24, 2.45) is 0 Å². The number of halogens is 1. The van der Waals surface area contributed by atoms with Crippen LogP contribution >= 0.6 is 0 Å². The fourth-order valence-corrected chi connectivity index (χ4v) is 4.92. The Balaban J connectivity index is 1.13. The largest absolute Gasteiger partial charge is 0.340 e. The lowest BCUT2D eigenvalue weighted by Crippen LogP contribution is -2.48. The van der Waals surface area contributed by atoms with Gasteiger partial charge in [-0.05, 0) is 48.9 Å². The van der Waals surface area contributed by atoms with Crippen molar-refractivity contribution >= 4 is 23.1 Å². The number of nitrogens with zero attached hydrogens (tertiary/aromatic N) is 5. The van der Waals surface area contributed by atoms with Crippen LogP contribution in [0.15, 0.2) is 91.0 Å². The number of aryl methyl sites for hydroxylation is 1. The molecule has 3 heterocycles. The number of carbonyl (C=O) groups is 1. The molecule has 39 heavy (non-hydrogen) atoms. The highest BCUT2D eigenvalue weighted by Crippen LogP contribution is 2.25. The van der Waals surface area contributed by atoms with Gasteiger partial charge < -0.3 is 10.2 Å². The molecule has 1 amide bonds. The molecule has 1 aliphatic rings. The van der Waals surface area contributed by atoms with Crippen molar-refractivity contribution in [1.82, 2.24) is 24.4 Å². The van der Waals surface area contributed by atoms with Crippen LogP contribution < -0.4 is 5.32 Å². The Hall–Kier alpha value is -4.56. The summed E-state index contributed by atoms with van der Waals surface area (Å²) in [5.41, 5.74) is 6.13. The normalized spacial score (nSPS) is 14.1. The SMILES string of the molecule is Cc1cc2nc(-c3ccccc3)cc(Nc3ccc(C(=O)N4CCN(Cc5ccc(F)cc5)CC4)cc3)n2n1. The third kappa shape index (κ3) is 5.51. The van der Waals surface area contributed by atoms with E-state index in [2.05, 4.69) is 15.3 Å². The van der Waals surface area contributed by atoms with E-state index in [0.717, 1.165) is 59.3 Å². The number of rotatable bonds is 6. The summed E-state index contributed by atoms with van der Waals surface area (Å²) in [5, 5.41) is 8.05. The van der Waals surface area contributed by atoms with E-state index in [0.29, 0.717) is 18.7 Å². The fourth-order valence-electron chi connectivity index (χ4n) is 4.92. The van der Waals surface area contributed by atoms with E-state index in [1.54, 1.807) is 4.52 Å². The van der Waals surface area contributed by atoms with Crippen LogP contribution in [0.4, 0.5) is 15.9 Å². The number of aromatic nitrogens is 3. The fraction of sp³-hybridized carbons (Fsp3) is 0.194. The van der Waals surface area contributed by atoms with Crippen molar-refractivity contribution in [3.05, 3.63) is 114 Å². The van der Waals surface area contributed by atoms with Gasteiger partial charge >= 0.3 is 0 Å². The number of amides is 1. The number of hydrogen-bond acceptors (Lipinski definition) is 5. The second-order valence-corrected chi connectivity index (χ2v) is 9.85. The Bertz CT molecular complexity index is 1590. The maximum atomic E-state index is 13.2. The first-order valence-corrected chi connectivity index (χ1v) is 13.1. The second kappa shape index (κ2) is 10.7. The summed E-state index contributed by atoms with van der Waals surface area (Å²) >= 11 is 0. The molecule has 0 radical (unpaired) electrons. The Morgan fingerprint density at radius 1 is 0.897 bits per heavy atom. The van der Waals surface area contributed by atoms with Crippen molar-refractivity contribution < 1.29 is 9.18 Å². The van der Waals surface area contributed by atoms with E-state index in [1.165, 1.54) is 12.1 Å². The Morgan fingerprint density at radius 2 is 1.62 bits per heavy atom. The maximum Gasteiger partial charge on any atom is 0.253 e. The molecule has 2 aromatic heterocycles. The highest BCUT2D eigenvalue weighted by molar-refractivity contribution is 5.94. The first-order chi connectivity index (χ1) is 19.0. The quantitative estimate of drug-likeness (QED) is 0.318. The van der Waals surface area contributed by atoms with Gasteiger partial charge in [0.1, 0.15) is 11.6 Å². The number of nitrogens with one attached hydrogen (secondary N) is 1. The van der Waals surface area contributed by atoms with Crippen molar-refractivity contribution in [3.63, 3.8) is 0 Å². The van der Waals surface area contributed by atoms with Crippen molar-refractivity contribution in [2.75, 3.05) is 31.5 Å². The van der Waals surface area contributed by atoms with E-state index in [9.17, 15) is 9.18 Å². The molecule has 0 saturated carbocycles. The number of hydrogen-bond donors (Lipinski definition) is 1. The lowest BCUT2D eigenvalue weighted by molar-refractivity contribution is 0.0628. The molecule has 0 unspecified atom stereocenters. The minimum absolute atomic E-state index is 0.0309. The maximum absolute atomic E-state index is 13.2. The van der Waals surface area contributed by atoms with E-state index >= 15 is 0 Å². The van der Waals surface area contributed by atoms with Crippen LogP contribution in [-0.2, 0) is 6.54 Å². The van der Waals surface area contributed by atoms with Crippen molar-refractivity contribution in [3.8, 4) is 11.3 Å². The lowest BCUT2D eigenvalue weighted by Gasteiger charge is -2.34. The van der Waals surface area contributed by atoms with Crippen LogP contribution in [0.25, 0.3) is 16.9 Å². The summed E-state index contributed by atoms with van der Waals surface area (Å²) in [4.78, 5) is 22.1. The van der Waals surface area contributed by atoms with Gasteiger partial charge in [-0.1, -0.05) is 42.5 Å². The predicted molar refractivity (Wildman–Crippen MR) is 150 cm³/mol. The van der Waals surface area contributed by atoms with Gasteiger partial charge in [-0.3, -0.25) is 9.69 Å². The molecule has 3 aromatic carbocycles. The zero-order chi connectivity index (χ0) is 26.8. The highest BCUT2D eigenvalue weighted by atomic mass is 19.1. The first kappa shape index (κ1) is 24.8. The van der Waals surface area contributed by atoms with Gasteiger partial charge in [0.05, 0.1) is 11.4 Å². The van der Waals surface area contributed by atoms with Gasteiger partial charge in [-0.2, -0.15) is 9.61 Å². The summed E-state index contributed by atoms with van der Waals surface area (Å²) in [5.74, 6) is 0.601. The summed E-state index contributed by atoms with van der Waals surface area (Å²) in [6.45, 7) is 5.60. The standard InChI is InChI=1S/C31H29FN6O/c1-22-19-29-34-28(24-5-3-2-4-6-24)20-30(38(29)35-22)33-27-13-9-25(10-14-27)31(39)37-17-15-36(16-18-37)21-23-7-11-26(32)12-8-23/h2-14,19-20,33H,15-18,21H2,1H3. The molecule has 1 N–H and O–H groups in total. The number of piperazine rings is 1. The van der Waals surface area contributed by atoms with Gasteiger partial charge in [0.2, 0.25) is 0 Å². The molecule has 6 rings (SSSR count). The van der Waals surface area contributed by atoms with Gasteiger partial charge in [-0.15, -0.1) is 0 Å². The molecule has 0 aliphatic carbocycles. The highest BCUT2D eigenvalue weighted by Gasteiger charge is 2.22. The van der Waals surface area contributed by atoms with Gasteiger partial charge in [0, 0.05) is 61.7 Å². The average Bonchev–Trinajstić information content (AvgIpc) is 3.36. The second-order valence-electron chi connectivity index (χ2n) is 9.85. The molecule has 0 bridgehead atoms. The van der Waals surface area contributed by atoms with Crippen LogP contribution in [0.5, 0.6) is 0 Å². The Morgan fingerprint density at radius 3 is 2.33 bits per heavy atom. The van der Waals surface area contributed by atoms with Crippen LogP contribution in [0.3, 0.4) is 0 Å². The first-order valence-electron chi connectivity index (χ1n) is 13.1. The monoisotopic (exact) mass is 520 g/mol. The zero-order valence-corrected chi connectivity index (χ0v) is 21.7. The van der Waals surface area contributed by atoms with E-state index < -0.39 is 0 Å². The molecule has 196 valence electrons. The lowest BCUT2D eigenvalue weighted by atomic mass is 10.1. The topological polar surface area (TPSA) is 65.8 Å². The summed E-state index contributed by atoms with van der Waals surface area (Å²) in [6.07, 6.45) is 0. The molecule has 7 nitrogen and oxygen atoms in total. The van der Waals surface area contributed by atoms with Crippen LogP contribution in [0.1, 0.15) is 21.6 Å². The molecule has 5 aromatic rings. The molecule has 8 heteroatoms. The molecule has 1 fully saturated rings. The summed E-state index contributed by atoms with van der Waals surface area (Å²) in [7, 11) is 0. The number of benzene rings is 3. The van der Waals surface area contributed by atoms with Crippen molar-refractivity contribution in [2.45, 2.75) is 13.5 Å². The van der Waals surface area contributed by atoms with Crippen LogP contribution in [-0.4, -0.2) is 56.5 Å². The Kier molecular flexibility index (Phi) is 6.77. The third-order valence-electron chi connectivity index (χ3n) is 7.00. The van der Waals surface area contributed by atoms with E-state index in [1.807, 2.05) is 90.7 Å². The molecule has 1 saturated heterocycles. The predicted octanol–water partition coefficient (Wildman–Crippen LogP) is 5.55. The van der Waals surface area contributed by atoms with Gasteiger partial charge in [-0.25, -0.2) is 9.37 Å².